The van der Waals surface area contributed by atoms with Crippen LogP contribution in [0.5, 0.6) is 0 Å². The number of rotatable bonds is 8. The van der Waals surface area contributed by atoms with Gasteiger partial charge in [0.25, 0.3) is 0 Å². The fourth-order valence-corrected chi connectivity index (χ4v) is 2.61. The monoisotopic (exact) mass is 422 g/mol. The average molecular weight is 422 g/mol. The fourth-order valence-electron chi connectivity index (χ4n) is 2.61. The first-order valence-electron chi connectivity index (χ1n) is 8.20. The molecule has 2 rings (SSSR count). The maximum Gasteiger partial charge on any atom is 0.191 e. The van der Waals surface area contributed by atoms with Crippen LogP contribution >= 0.6 is 24.0 Å². The third-order valence-corrected chi connectivity index (χ3v) is 4.13. The summed E-state index contributed by atoms with van der Waals surface area (Å²) in [7, 11) is 1.83. The number of ether oxygens (including phenoxy) is 1. The number of nitrogens with one attached hydrogen (secondary N) is 2. The molecule has 1 saturated carbocycles. The van der Waals surface area contributed by atoms with Gasteiger partial charge in [0.15, 0.2) is 5.96 Å². The van der Waals surface area contributed by atoms with Gasteiger partial charge in [0.1, 0.15) is 0 Å². The van der Waals surface area contributed by atoms with Gasteiger partial charge in [-0.25, -0.2) is 0 Å². The Bertz CT molecular complexity index is 339. The van der Waals surface area contributed by atoms with E-state index in [0.717, 1.165) is 64.1 Å². The molecule has 0 bridgehead atoms. The van der Waals surface area contributed by atoms with Gasteiger partial charge in [0, 0.05) is 45.9 Å². The summed E-state index contributed by atoms with van der Waals surface area (Å²) in [5.74, 6) is 1.73. The fraction of sp³-hybridized carbons (Fsp3) is 0.812. The van der Waals surface area contributed by atoms with Gasteiger partial charge in [0.2, 0.25) is 0 Å². The maximum absolute atomic E-state index is 5.62. The van der Waals surface area contributed by atoms with Crippen LogP contribution in [0.2, 0.25) is 0 Å². The summed E-state index contributed by atoms with van der Waals surface area (Å²) in [5, 5.41) is 6.84. The summed E-state index contributed by atoms with van der Waals surface area (Å²) >= 11 is 0. The van der Waals surface area contributed by atoms with Crippen molar-refractivity contribution in [3.8, 4) is 0 Å². The van der Waals surface area contributed by atoms with E-state index in [0.29, 0.717) is 6.04 Å². The summed E-state index contributed by atoms with van der Waals surface area (Å²) in [6.45, 7) is 9.57. The molecule has 0 spiro atoms. The highest BCUT2D eigenvalue weighted by atomic mass is 127. The first kappa shape index (κ1) is 19.7. The van der Waals surface area contributed by atoms with E-state index in [-0.39, 0.29) is 24.0 Å². The normalized spacial score (nSPS) is 20.3. The molecule has 1 aliphatic heterocycles. The highest BCUT2D eigenvalue weighted by molar-refractivity contribution is 14.0. The van der Waals surface area contributed by atoms with Gasteiger partial charge in [-0.05, 0) is 31.6 Å². The van der Waals surface area contributed by atoms with Crippen LogP contribution in [0.3, 0.4) is 0 Å². The lowest BCUT2D eigenvalue weighted by Gasteiger charge is -2.32. The van der Waals surface area contributed by atoms with Crippen molar-refractivity contribution in [1.29, 1.82) is 0 Å². The Labute approximate surface area is 152 Å². The second-order valence-corrected chi connectivity index (χ2v) is 6.03. The van der Waals surface area contributed by atoms with E-state index in [1.807, 2.05) is 13.1 Å². The Morgan fingerprint density at radius 3 is 2.64 bits per heavy atom. The van der Waals surface area contributed by atoms with Gasteiger partial charge in [-0.1, -0.05) is 6.08 Å². The summed E-state index contributed by atoms with van der Waals surface area (Å²) < 4.78 is 5.62. The van der Waals surface area contributed by atoms with E-state index in [1.165, 1.54) is 12.8 Å². The molecule has 1 aliphatic carbocycles. The molecule has 0 aromatic carbocycles. The standard InChI is InChI=1S/C16H30N4O.HI/c1-3-9-20-10-6-15(7-11-20)19-16(17-2)18-8-12-21-13-14-4-5-14;/h3,14-15H,1,4-13H2,2H3,(H2,17,18,19);1H. The quantitative estimate of drug-likeness (QED) is 0.206. The second kappa shape index (κ2) is 11.2. The average Bonchev–Trinajstić information content (AvgIpc) is 3.32. The molecule has 6 heteroatoms. The molecule has 2 aliphatic rings. The number of nitrogens with zero attached hydrogens (tertiary/aromatic N) is 2. The van der Waals surface area contributed by atoms with E-state index in [9.17, 15) is 0 Å². The lowest BCUT2D eigenvalue weighted by atomic mass is 10.1. The summed E-state index contributed by atoms with van der Waals surface area (Å²) in [4.78, 5) is 6.73. The molecule has 1 saturated heterocycles. The van der Waals surface area contributed by atoms with Crippen molar-refractivity contribution in [2.45, 2.75) is 31.7 Å². The van der Waals surface area contributed by atoms with Gasteiger partial charge in [-0.3, -0.25) is 9.89 Å². The van der Waals surface area contributed by atoms with E-state index >= 15 is 0 Å². The lowest BCUT2D eigenvalue weighted by molar-refractivity contribution is 0.129. The number of hydrogen-bond donors (Lipinski definition) is 2. The van der Waals surface area contributed by atoms with Crippen molar-refractivity contribution in [1.82, 2.24) is 15.5 Å². The minimum absolute atomic E-state index is 0. The second-order valence-electron chi connectivity index (χ2n) is 6.03. The molecule has 0 aromatic heterocycles. The smallest absolute Gasteiger partial charge is 0.191 e. The molecule has 0 radical (unpaired) electrons. The molecule has 1 heterocycles. The minimum Gasteiger partial charge on any atom is -0.379 e. The summed E-state index contributed by atoms with van der Waals surface area (Å²) in [6, 6.07) is 0.518. The Morgan fingerprint density at radius 2 is 2.05 bits per heavy atom. The topological polar surface area (TPSA) is 48.9 Å². The van der Waals surface area contributed by atoms with Crippen molar-refractivity contribution < 1.29 is 4.74 Å². The minimum atomic E-state index is 0. The predicted molar refractivity (Wildman–Crippen MR) is 103 cm³/mol. The molecule has 0 atom stereocenters. The summed E-state index contributed by atoms with van der Waals surface area (Å²) in [6.07, 6.45) is 7.00. The zero-order valence-electron chi connectivity index (χ0n) is 13.7. The molecule has 2 fully saturated rings. The van der Waals surface area contributed by atoms with Crippen molar-refractivity contribution in [3.63, 3.8) is 0 Å². The Hall–Kier alpha value is -0.340. The van der Waals surface area contributed by atoms with E-state index < -0.39 is 0 Å². The highest BCUT2D eigenvalue weighted by Gasteiger charge is 2.21. The van der Waals surface area contributed by atoms with Crippen LogP contribution in [0.25, 0.3) is 0 Å². The van der Waals surface area contributed by atoms with Crippen molar-refractivity contribution in [2.24, 2.45) is 10.9 Å². The molecular weight excluding hydrogens is 391 g/mol. The number of likely N-dealkylation sites (tertiary alicyclic amines) is 1. The zero-order valence-corrected chi connectivity index (χ0v) is 16.1. The first-order chi connectivity index (χ1) is 10.3. The first-order valence-corrected chi connectivity index (χ1v) is 8.20. The number of halogens is 1. The van der Waals surface area contributed by atoms with Crippen LogP contribution in [0.4, 0.5) is 0 Å². The molecule has 5 nitrogen and oxygen atoms in total. The third kappa shape index (κ3) is 7.78. The van der Waals surface area contributed by atoms with E-state index in [4.69, 9.17) is 4.74 Å². The van der Waals surface area contributed by atoms with Crippen LogP contribution in [0, 0.1) is 5.92 Å². The number of aliphatic imine (C=N–C) groups is 1. The molecule has 22 heavy (non-hydrogen) atoms. The van der Waals surface area contributed by atoms with Crippen molar-refractivity contribution in [3.05, 3.63) is 12.7 Å². The Morgan fingerprint density at radius 1 is 1.32 bits per heavy atom. The van der Waals surface area contributed by atoms with Gasteiger partial charge >= 0.3 is 0 Å². The van der Waals surface area contributed by atoms with Crippen LogP contribution in [0.15, 0.2) is 17.6 Å². The number of piperidine rings is 1. The molecule has 2 N–H and O–H groups in total. The van der Waals surface area contributed by atoms with E-state index in [1.54, 1.807) is 0 Å². The molecule has 0 aromatic rings. The molecular formula is C16H31IN4O. The summed E-state index contributed by atoms with van der Waals surface area (Å²) in [5.41, 5.74) is 0. The van der Waals surface area contributed by atoms with Crippen LogP contribution in [-0.2, 0) is 4.74 Å². The van der Waals surface area contributed by atoms with Crippen molar-refractivity contribution in [2.75, 3.05) is 46.4 Å². The largest absolute Gasteiger partial charge is 0.379 e. The number of hydrogen-bond acceptors (Lipinski definition) is 3. The molecule has 0 amide bonds. The molecule has 0 unspecified atom stereocenters. The third-order valence-electron chi connectivity index (χ3n) is 4.13. The van der Waals surface area contributed by atoms with E-state index in [2.05, 4.69) is 27.1 Å². The Kier molecular flexibility index (Phi) is 10.1. The highest BCUT2D eigenvalue weighted by Crippen LogP contribution is 2.28. The van der Waals surface area contributed by atoms with Crippen molar-refractivity contribution >= 4 is 29.9 Å². The number of guanidine groups is 1. The predicted octanol–water partition coefficient (Wildman–Crippen LogP) is 1.85. The Balaban J connectivity index is 0.00000242. The van der Waals surface area contributed by atoms with Gasteiger partial charge in [0.05, 0.1) is 6.61 Å². The van der Waals surface area contributed by atoms with Gasteiger partial charge < -0.3 is 15.4 Å². The van der Waals surface area contributed by atoms with Crippen LogP contribution < -0.4 is 10.6 Å². The van der Waals surface area contributed by atoms with Gasteiger partial charge in [-0.2, -0.15) is 0 Å². The SMILES string of the molecule is C=CCN1CCC(NC(=NC)NCCOCC2CC2)CC1.I. The zero-order chi connectivity index (χ0) is 14.9. The van der Waals surface area contributed by atoms with Crippen LogP contribution in [-0.4, -0.2) is 63.3 Å². The molecule has 128 valence electrons. The van der Waals surface area contributed by atoms with Crippen LogP contribution in [0.1, 0.15) is 25.7 Å². The maximum atomic E-state index is 5.62. The lowest BCUT2D eigenvalue weighted by Crippen LogP contribution is -2.49. The van der Waals surface area contributed by atoms with Gasteiger partial charge in [-0.15, -0.1) is 30.6 Å².